The van der Waals surface area contributed by atoms with Gasteiger partial charge >= 0.3 is 5.97 Å². The zero-order valence-electron chi connectivity index (χ0n) is 15.2. The second kappa shape index (κ2) is 8.02. The van der Waals surface area contributed by atoms with Crippen molar-refractivity contribution in [1.29, 1.82) is 0 Å². The Bertz CT molecular complexity index is 809. The maximum atomic E-state index is 12.6. The van der Waals surface area contributed by atoms with E-state index >= 15 is 0 Å². The molecule has 0 N–H and O–H groups in total. The van der Waals surface area contributed by atoms with Crippen molar-refractivity contribution in [2.75, 3.05) is 26.0 Å². The summed E-state index contributed by atoms with van der Waals surface area (Å²) in [7, 11) is 1.41. The molecule has 144 valence electrons. The highest BCUT2D eigenvalue weighted by Crippen LogP contribution is 2.41. The van der Waals surface area contributed by atoms with Gasteiger partial charge in [0.05, 0.1) is 23.7 Å². The molecular weight excluding hydrogens is 384 g/mol. The van der Waals surface area contributed by atoms with Gasteiger partial charge in [0.25, 0.3) is 0 Å². The molecule has 1 saturated heterocycles. The van der Waals surface area contributed by atoms with Crippen LogP contribution in [0.4, 0.5) is 0 Å². The number of thiophene rings is 1. The largest absolute Gasteiger partial charge is 0.469 e. The first kappa shape index (κ1) is 18.5. The van der Waals surface area contributed by atoms with Crippen LogP contribution in [0.25, 0.3) is 10.7 Å². The molecule has 0 atom stereocenters. The Labute approximate surface area is 166 Å². The maximum Gasteiger partial charge on any atom is 0.308 e. The number of hydrogen-bond acceptors (Lipinski definition) is 7. The number of aromatic nitrogens is 3. The third-order valence-electron chi connectivity index (χ3n) is 5.03. The van der Waals surface area contributed by atoms with Gasteiger partial charge in [0, 0.05) is 19.1 Å². The lowest BCUT2D eigenvalue weighted by Gasteiger charge is -2.30. The number of piperidine rings is 1. The Morgan fingerprint density at radius 1 is 1.26 bits per heavy atom. The van der Waals surface area contributed by atoms with Gasteiger partial charge in [-0.25, -0.2) is 0 Å². The van der Waals surface area contributed by atoms with Crippen LogP contribution < -0.4 is 0 Å². The fraction of sp³-hybridized carbons (Fsp3) is 0.556. The van der Waals surface area contributed by atoms with E-state index in [1.165, 1.54) is 18.9 Å². The van der Waals surface area contributed by atoms with Crippen LogP contribution in [-0.4, -0.2) is 57.5 Å². The van der Waals surface area contributed by atoms with Crippen LogP contribution in [-0.2, 0) is 14.3 Å². The van der Waals surface area contributed by atoms with Crippen LogP contribution in [0.5, 0.6) is 0 Å². The molecule has 4 rings (SSSR count). The second-order valence-corrected chi connectivity index (χ2v) is 8.74. The zero-order valence-corrected chi connectivity index (χ0v) is 16.8. The van der Waals surface area contributed by atoms with E-state index in [9.17, 15) is 9.59 Å². The van der Waals surface area contributed by atoms with Crippen LogP contribution in [0.15, 0.2) is 22.7 Å². The van der Waals surface area contributed by atoms with Crippen molar-refractivity contribution >= 4 is 35.0 Å². The predicted octanol–water partition coefficient (Wildman–Crippen LogP) is 2.85. The minimum absolute atomic E-state index is 0.0852. The summed E-state index contributed by atoms with van der Waals surface area (Å²) in [5.41, 5.74) is 0. The van der Waals surface area contributed by atoms with Gasteiger partial charge in [-0.3, -0.25) is 14.2 Å². The quantitative estimate of drug-likeness (QED) is 0.542. The number of carbonyl (C=O) groups is 2. The van der Waals surface area contributed by atoms with Crippen molar-refractivity contribution in [2.45, 2.75) is 36.9 Å². The van der Waals surface area contributed by atoms with Crippen LogP contribution >= 0.6 is 23.1 Å². The summed E-state index contributed by atoms with van der Waals surface area (Å²) < 4.78 is 6.99. The smallest absolute Gasteiger partial charge is 0.308 e. The molecular formula is C18H22N4O3S2. The SMILES string of the molecule is COC(=O)C1CCN(C(=O)CSc2nnc(-c3cccs3)n2C2CC2)CC1. The number of esters is 1. The lowest BCUT2D eigenvalue weighted by molar-refractivity contribution is -0.148. The fourth-order valence-corrected chi connectivity index (χ4v) is 4.97. The van der Waals surface area contributed by atoms with Gasteiger partial charge in [-0.2, -0.15) is 0 Å². The Balaban J connectivity index is 1.37. The molecule has 7 nitrogen and oxygen atoms in total. The van der Waals surface area contributed by atoms with Gasteiger partial charge in [-0.15, -0.1) is 21.5 Å². The lowest BCUT2D eigenvalue weighted by atomic mass is 9.97. The molecule has 2 aromatic rings. The third kappa shape index (κ3) is 4.03. The summed E-state index contributed by atoms with van der Waals surface area (Å²) in [6, 6.07) is 4.52. The molecule has 1 saturated carbocycles. The third-order valence-corrected chi connectivity index (χ3v) is 6.82. The molecule has 0 aromatic carbocycles. The summed E-state index contributed by atoms with van der Waals surface area (Å²) >= 11 is 3.11. The van der Waals surface area contributed by atoms with E-state index in [1.807, 2.05) is 16.3 Å². The van der Waals surface area contributed by atoms with E-state index in [0.717, 1.165) is 28.7 Å². The number of ether oxygens (including phenoxy) is 1. The second-order valence-electron chi connectivity index (χ2n) is 6.85. The molecule has 0 radical (unpaired) electrons. The molecule has 0 unspecified atom stereocenters. The average molecular weight is 407 g/mol. The van der Waals surface area contributed by atoms with Crippen LogP contribution in [0.3, 0.4) is 0 Å². The van der Waals surface area contributed by atoms with E-state index in [0.29, 0.717) is 37.7 Å². The van der Waals surface area contributed by atoms with E-state index in [2.05, 4.69) is 20.8 Å². The maximum absolute atomic E-state index is 12.6. The number of thioether (sulfide) groups is 1. The van der Waals surface area contributed by atoms with Crippen LogP contribution in [0.2, 0.25) is 0 Å². The Kier molecular flexibility index (Phi) is 5.49. The fourth-order valence-electron chi connectivity index (χ4n) is 3.36. The number of amides is 1. The minimum atomic E-state index is -0.171. The van der Waals surface area contributed by atoms with E-state index in [1.54, 1.807) is 11.3 Å². The summed E-state index contributed by atoms with van der Waals surface area (Å²) in [6.45, 7) is 1.21. The normalized spacial score (nSPS) is 17.9. The first-order chi connectivity index (χ1) is 13.2. The lowest BCUT2D eigenvalue weighted by Crippen LogP contribution is -2.41. The number of likely N-dealkylation sites (tertiary alicyclic amines) is 1. The number of carbonyl (C=O) groups excluding carboxylic acids is 2. The number of methoxy groups -OCH3 is 1. The van der Waals surface area contributed by atoms with Gasteiger partial charge < -0.3 is 9.64 Å². The molecule has 2 aromatic heterocycles. The molecule has 2 aliphatic rings. The topological polar surface area (TPSA) is 77.3 Å². The average Bonchev–Trinajstić information content (AvgIpc) is 3.22. The Morgan fingerprint density at radius 3 is 2.67 bits per heavy atom. The van der Waals surface area contributed by atoms with Gasteiger partial charge in [0.15, 0.2) is 11.0 Å². The first-order valence-electron chi connectivity index (χ1n) is 9.14. The van der Waals surface area contributed by atoms with Crippen molar-refractivity contribution in [1.82, 2.24) is 19.7 Å². The number of hydrogen-bond donors (Lipinski definition) is 0. The summed E-state index contributed by atoms with van der Waals surface area (Å²) in [6.07, 6.45) is 3.62. The summed E-state index contributed by atoms with van der Waals surface area (Å²) in [5, 5.41) is 11.6. The highest BCUT2D eigenvalue weighted by Gasteiger charge is 2.32. The monoisotopic (exact) mass is 406 g/mol. The molecule has 1 aliphatic heterocycles. The molecule has 1 amide bonds. The van der Waals surface area contributed by atoms with E-state index in [4.69, 9.17) is 4.74 Å². The number of rotatable bonds is 6. The summed E-state index contributed by atoms with van der Waals surface area (Å²) in [4.78, 5) is 27.1. The summed E-state index contributed by atoms with van der Waals surface area (Å²) in [5.74, 6) is 1.08. The van der Waals surface area contributed by atoms with Crippen molar-refractivity contribution in [2.24, 2.45) is 5.92 Å². The molecule has 0 spiro atoms. The highest BCUT2D eigenvalue weighted by atomic mass is 32.2. The standard InChI is InChI=1S/C18H22N4O3S2/c1-25-17(24)12-6-8-21(9-7-12)15(23)11-27-18-20-19-16(14-3-2-10-26-14)22(18)13-4-5-13/h2-3,10,12-13H,4-9,11H2,1H3. The Morgan fingerprint density at radius 2 is 2.04 bits per heavy atom. The van der Waals surface area contributed by atoms with Crippen molar-refractivity contribution in [3.05, 3.63) is 17.5 Å². The van der Waals surface area contributed by atoms with Crippen molar-refractivity contribution < 1.29 is 14.3 Å². The van der Waals surface area contributed by atoms with E-state index < -0.39 is 0 Å². The van der Waals surface area contributed by atoms with Gasteiger partial charge in [-0.05, 0) is 37.1 Å². The molecule has 9 heteroatoms. The van der Waals surface area contributed by atoms with Crippen molar-refractivity contribution in [3.8, 4) is 10.7 Å². The molecule has 27 heavy (non-hydrogen) atoms. The number of nitrogens with zero attached hydrogens (tertiary/aromatic N) is 4. The van der Waals surface area contributed by atoms with E-state index in [-0.39, 0.29) is 17.8 Å². The van der Waals surface area contributed by atoms with Crippen molar-refractivity contribution in [3.63, 3.8) is 0 Å². The molecule has 3 heterocycles. The molecule has 0 bridgehead atoms. The van der Waals surface area contributed by atoms with Crippen LogP contribution in [0.1, 0.15) is 31.7 Å². The van der Waals surface area contributed by atoms with Crippen LogP contribution in [0, 0.1) is 5.92 Å². The molecule has 2 fully saturated rings. The Hall–Kier alpha value is -1.87. The first-order valence-corrected chi connectivity index (χ1v) is 11.0. The van der Waals surface area contributed by atoms with Gasteiger partial charge in [0.1, 0.15) is 0 Å². The van der Waals surface area contributed by atoms with Gasteiger partial charge in [-0.1, -0.05) is 17.8 Å². The minimum Gasteiger partial charge on any atom is -0.469 e. The molecule has 1 aliphatic carbocycles. The zero-order chi connectivity index (χ0) is 18.8. The predicted molar refractivity (Wildman–Crippen MR) is 104 cm³/mol. The van der Waals surface area contributed by atoms with Gasteiger partial charge in [0.2, 0.25) is 5.91 Å². The highest BCUT2D eigenvalue weighted by molar-refractivity contribution is 7.99.